The molecule has 2 aromatic rings. The van der Waals surface area contributed by atoms with Crippen molar-refractivity contribution in [1.82, 2.24) is 19.6 Å². The van der Waals surface area contributed by atoms with E-state index >= 15 is 0 Å². The standard InChI is InChI=1S/C27H38N6O/c1-21(2)28-25-7-14-33(29-25)26(34)31-15-9-27(10-16-31)8-6-13-32(27)20-23-17-22(3)18-24(19-23)30-11-4-5-12-30/h7,14,17-19H,1,4-6,8-13,15-16,20H2,2-3H3,(H,28,29). The van der Waals surface area contributed by atoms with E-state index in [1.165, 1.54) is 60.3 Å². The van der Waals surface area contributed by atoms with Crippen LogP contribution < -0.4 is 10.2 Å². The number of likely N-dealkylation sites (tertiary alicyclic amines) is 2. The molecule has 3 aliphatic heterocycles. The van der Waals surface area contributed by atoms with Gasteiger partial charge in [-0.2, -0.15) is 4.68 Å². The summed E-state index contributed by atoms with van der Waals surface area (Å²) in [6.07, 6.45) is 8.87. The van der Waals surface area contributed by atoms with Crippen LogP contribution in [0.25, 0.3) is 0 Å². The first kappa shape index (κ1) is 23.0. The maximum atomic E-state index is 13.0. The third kappa shape index (κ3) is 4.71. The molecule has 1 aromatic heterocycles. The van der Waals surface area contributed by atoms with Gasteiger partial charge in [0.2, 0.25) is 0 Å². The molecular weight excluding hydrogens is 424 g/mol. The Labute approximate surface area is 203 Å². The summed E-state index contributed by atoms with van der Waals surface area (Å²) < 4.78 is 1.45. The van der Waals surface area contributed by atoms with Gasteiger partial charge in [-0.25, -0.2) is 4.79 Å². The summed E-state index contributed by atoms with van der Waals surface area (Å²) in [6.45, 7) is 14.0. The third-order valence-corrected chi connectivity index (χ3v) is 7.80. The lowest BCUT2D eigenvalue weighted by molar-refractivity contribution is 0.0585. The molecule has 0 saturated carbocycles. The zero-order valence-corrected chi connectivity index (χ0v) is 20.7. The normalized spacial score (nSPS) is 20.3. The van der Waals surface area contributed by atoms with Crippen LogP contribution in [-0.4, -0.2) is 63.9 Å². The van der Waals surface area contributed by atoms with E-state index in [0.29, 0.717) is 5.82 Å². The topological polar surface area (TPSA) is 56.6 Å². The smallest absolute Gasteiger partial charge is 0.344 e. The van der Waals surface area contributed by atoms with Gasteiger partial charge in [0.25, 0.3) is 0 Å². The lowest BCUT2D eigenvalue weighted by atomic mass is 9.84. The van der Waals surface area contributed by atoms with Gasteiger partial charge in [-0.15, -0.1) is 5.10 Å². The van der Waals surface area contributed by atoms with E-state index in [1.807, 2.05) is 17.9 Å². The number of rotatable bonds is 5. The van der Waals surface area contributed by atoms with E-state index in [2.05, 4.69) is 51.9 Å². The lowest BCUT2D eigenvalue weighted by Gasteiger charge is -2.45. The van der Waals surface area contributed by atoms with E-state index in [4.69, 9.17) is 0 Å². The van der Waals surface area contributed by atoms with E-state index in [0.717, 1.165) is 44.7 Å². The van der Waals surface area contributed by atoms with Crippen LogP contribution >= 0.6 is 0 Å². The Kier molecular flexibility index (Phi) is 6.38. The van der Waals surface area contributed by atoms with Gasteiger partial charge in [-0.05, 0) is 82.2 Å². The second-order valence-corrected chi connectivity index (χ2v) is 10.4. The summed E-state index contributed by atoms with van der Waals surface area (Å²) in [4.78, 5) is 20.2. The Morgan fingerprint density at radius 2 is 1.82 bits per heavy atom. The van der Waals surface area contributed by atoms with Gasteiger partial charge < -0.3 is 15.1 Å². The molecule has 34 heavy (non-hydrogen) atoms. The zero-order chi connectivity index (χ0) is 23.7. The fourth-order valence-electron chi connectivity index (χ4n) is 6.09. The SMILES string of the molecule is C=C(C)Nc1ccn(C(=O)N2CCC3(CCCN3Cc3cc(C)cc(N4CCCC4)c3)CC2)n1. The Balaban J connectivity index is 1.23. The summed E-state index contributed by atoms with van der Waals surface area (Å²) in [5, 5.41) is 7.44. The van der Waals surface area contributed by atoms with E-state index in [9.17, 15) is 4.79 Å². The maximum absolute atomic E-state index is 13.0. The highest BCUT2D eigenvalue weighted by molar-refractivity contribution is 5.76. The number of nitrogens with zero attached hydrogens (tertiary/aromatic N) is 5. The molecule has 3 saturated heterocycles. The Bertz CT molecular complexity index is 1050. The molecule has 5 rings (SSSR count). The predicted octanol–water partition coefficient (Wildman–Crippen LogP) is 4.84. The van der Waals surface area contributed by atoms with Crippen molar-refractivity contribution in [2.75, 3.05) is 42.9 Å². The minimum Gasteiger partial charge on any atom is -0.372 e. The van der Waals surface area contributed by atoms with Gasteiger partial charge in [0, 0.05) is 61.9 Å². The van der Waals surface area contributed by atoms with Crippen LogP contribution in [0.1, 0.15) is 56.6 Å². The molecule has 4 heterocycles. The number of aromatic nitrogens is 2. The molecular formula is C27H38N6O. The van der Waals surface area contributed by atoms with Crippen molar-refractivity contribution in [1.29, 1.82) is 0 Å². The van der Waals surface area contributed by atoms with Gasteiger partial charge in [0.05, 0.1) is 0 Å². The molecule has 182 valence electrons. The minimum absolute atomic E-state index is 0.0388. The number of carbonyl (C=O) groups is 1. The van der Waals surface area contributed by atoms with Crippen molar-refractivity contribution in [3.63, 3.8) is 0 Å². The first-order chi connectivity index (χ1) is 16.4. The number of amides is 1. The molecule has 1 N–H and O–H groups in total. The Hall–Kier alpha value is -2.80. The monoisotopic (exact) mass is 462 g/mol. The van der Waals surface area contributed by atoms with Crippen molar-refractivity contribution in [2.24, 2.45) is 0 Å². The van der Waals surface area contributed by atoms with Crippen molar-refractivity contribution >= 4 is 17.5 Å². The second kappa shape index (κ2) is 9.45. The number of aryl methyl sites for hydroxylation is 1. The average Bonchev–Trinajstić information content (AvgIpc) is 3.56. The van der Waals surface area contributed by atoms with Crippen LogP contribution in [0.4, 0.5) is 16.3 Å². The van der Waals surface area contributed by atoms with Gasteiger partial charge in [-0.3, -0.25) is 4.90 Å². The first-order valence-corrected chi connectivity index (χ1v) is 12.8. The molecule has 3 fully saturated rings. The summed E-state index contributed by atoms with van der Waals surface area (Å²) in [6, 6.07) is 8.89. The molecule has 0 bridgehead atoms. The summed E-state index contributed by atoms with van der Waals surface area (Å²) in [7, 11) is 0. The van der Waals surface area contributed by atoms with Gasteiger partial charge >= 0.3 is 6.03 Å². The quantitative estimate of drug-likeness (QED) is 0.689. The van der Waals surface area contributed by atoms with Crippen LogP contribution in [0.2, 0.25) is 0 Å². The predicted molar refractivity (Wildman–Crippen MR) is 137 cm³/mol. The Morgan fingerprint density at radius 3 is 2.56 bits per heavy atom. The zero-order valence-electron chi connectivity index (χ0n) is 20.7. The van der Waals surface area contributed by atoms with E-state index < -0.39 is 0 Å². The highest BCUT2D eigenvalue weighted by Gasteiger charge is 2.43. The maximum Gasteiger partial charge on any atom is 0.344 e. The molecule has 1 amide bonds. The number of nitrogens with one attached hydrogen (secondary N) is 1. The molecule has 1 spiro atoms. The van der Waals surface area contributed by atoms with Crippen molar-refractivity contribution in [2.45, 2.75) is 64.5 Å². The van der Waals surface area contributed by atoms with Gasteiger partial charge in [0.15, 0.2) is 5.82 Å². The summed E-state index contributed by atoms with van der Waals surface area (Å²) in [5.74, 6) is 0.655. The molecule has 0 radical (unpaired) electrons. The van der Waals surface area contributed by atoms with Crippen molar-refractivity contribution in [3.8, 4) is 0 Å². The summed E-state index contributed by atoms with van der Waals surface area (Å²) in [5.41, 5.74) is 5.19. The molecule has 7 nitrogen and oxygen atoms in total. The molecule has 0 atom stereocenters. The number of allylic oxidation sites excluding steroid dienone is 1. The second-order valence-electron chi connectivity index (χ2n) is 10.4. The van der Waals surface area contributed by atoms with Crippen molar-refractivity contribution < 1.29 is 4.79 Å². The minimum atomic E-state index is -0.0388. The van der Waals surface area contributed by atoms with Crippen LogP contribution in [0.5, 0.6) is 0 Å². The highest BCUT2D eigenvalue weighted by atomic mass is 16.2. The van der Waals surface area contributed by atoms with Crippen LogP contribution in [0.15, 0.2) is 42.7 Å². The van der Waals surface area contributed by atoms with Crippen LogP contribution in [-0.2, 0) is 6.54 Å². The van der Waals surface area contributed by atoms with E-state index in [1.54, 1.807) is 6.20 Å². The largest absolute Gasteiger partial charge is 0.372 e. The van der Waals surface area contributed by atoms with E-state index in [-0.39, 0.29) is 11.6 Å². The molecule has 3 aliphatic rings. The number of benzene rings is 1. The number of anilines is 2. The summed E-state index contributed by atoms with van der Waals surface area (Å²) >= 11 is 0. The van der Waals surface area contributed by atoms with Crippen LogP contribution in [0, 0.1) is 6.92 Å². The number of hydrogen-bond acceptors (Lipinski definition) is 5. The lowest BCUT2D eigenvalue weighted by Crippen LogP contribution is -2.53. The fraction of sp³-hybridized carbons (Fsp3) is 0.556. The number of hydrogen-bond donors (Lipinski definition) is 1. The number of piperidine rings is 1. The molecule has 0 aliphatic carbocycles. The molecule has 1 aromatic carbocycles. The highest BCUT2D eigenvalue weighted by Crippen LogP contribution is 2.40. The molecule has 7 heteroatoms. The Morgan fingerprint density at radius 1 is 1.06 bits per heavy atom. The first-order valence-electron chi connectivity index (χ1n) is 12.8. The van der Waals surface area contributed by atoms with Gasteiger partial charge in [0.1, 0.15) is 0 Å². The average molecular weight is 463 g/mol. The number of carbonyl (C=O) groups excluding carboxylic acids is 1. The van der Waals surface area contributed by atoms with Crippen LogP contribution in [0.3, 0.4) is 0 Å². The third-order valence-electron chi connectivity index (χ3n) is 7.80. The fourth-order valence-corrected chi connectivity index (χ4v) is 6.09. The van der Waals surface area contributed by atoms with Crippen molar-refractivity contribution in [3.05, 3.63) is 53.9 Å². The molecule has 0 unspecified atom stereocenters. The van der Waals surface area contributed by atoms with Gasteiger partial charge in [-0.1, -0.05) is 12.6 Å².